The molecule has 1 rings (SSSR count). The Labute approximate surface area is 112 Å². The topological polar surface area (TPSA) is 41.6 Å². The Morgan fingerprint density at radius 1 is 1.33 bits per heavy atom. The van der Waals surface area contributed by atoms with Crippen LogP contribution in [0, 0.1) is 5.92 Å². The number of carbonyl (C=O) groups excluding carboxylic acids is 1. The summed E-state index contributed by atoms with van der Waals surface area (Å²) in [6.45, 7) is 8.17. The Hall–Kier alpha value is -0.610. The van der Waals surface area contributed by atoms with Gasteiger partial charge in [0.2, 0.25) is 5.91 Å². The summed E-state index contributed by atoms with van der Waals surface area (Å²) in [7, 11) is 3.45. The minimum atomic E-state index is 0.168. The highest BCUT2D eigenvalue weighted by Gasteiger charge is 2.19. The van der Waals surface area contributed by atoms with Crippen LogP contribution in [0.2, 0.25) is 0 Å². The van der Waals surface area contributed by atoms with E-state index in [0.717, 1.165) is 38.6 Å². The highest BCUT2D eigenvalue weighted by molar-refractivity contribution is 5.75. The summed E-state index contributed by atoms with van der Waals surface area (Å²) in [4.78, 5) is 13.6. The van der Waals surface area contributed by atoms with E-state index in [4.69, 9.17) is 4.74 Å². The maximum atomic E-state index is 11.1. The largest absolute Gasteiger partial charge is 0.383 e. The minimum Gasteiger partial charge on any atom is -0.383 e. The summed E-state index contributed by atoms with van der Waals surface area (Å²) < 4.78 is 5.07. The minimum absolute atomic E-state index is 0.168. The van der Waals surface area contributed by atoms with Crippen LogP contribution in [0.1, 0.15) is 39.5 Å². The van der Waals surface area contributed by atoms with Gasteiger partial charge in [-0.3, -0.25) is 4.79 Å². The van der Waals surface area contributed by atoms with E-state index in [2.05, 4.69) is 10.2 Å². The Morgan fingerprint density at radius 3 is 2.44 bits per heavy atom. The molecule has 0 unspecified atom stereocenters. The fraction of sp³-hybridized carbons (Fsp3) is 0.929. The number of amides is 1. The van der Waals surface area contributed by atoms with E-state index in [1.807, 2.05) is 13.8 Å². The van der Waals surface area contributed by atoms with Crippen LogP contribution < -0.4 is 5.32 Å². The molecule has 0 atom stereocenters. The Morgan fingerprint density at radius 2 is 1.94 bits per heavy atom. The van der Waals surface area contributed by atoms with Gasteiger partial charge in [-0.05, 0) is 38.3 Å². The zero-order valence-electron chi connectivity index (χ0n) is 12.5. The van der Waals surface area contributed by atoms with Crippen LogP contribution in [0.4, 0.5) is 0 Å². The predicted molar refractivity (Wildman–Crippen MR) is 75.7 cm³/mol. The van der Waals surface area contributed by atoms with Crippen molar-refractivity contribution in [3.05, 3.63) is 0 Å². The fourth-order valence-electron chi connectivity index (χ4n) is 2.18. The molecule has 0 bridgehead atoms. The quantitative estimate of drug-likeness (QED) is 0.791. The summed E-state index contributed by atoms with van der Waals surface area (Å²) in [6, 6.07) is 0. The Balaban J connectivity index is 0.00000137. The molecule has 0 aromatic rings. The van der Waals surface area contributed by atoms with Crippen LogP contribution in [0.25, 0.3) is 0 Å². The number of piperidine rings is 1. The first kappa shape index (κ1) is 17.4. The van der Waals surface area contributed by atoms with Crippen LogP contribution in [0.3, 0.4) is 0 Å². The van der Waals surface area contributed by atoms with Crippen LogP contribution in [-0.4, -0.2) is 51.2 Å². The molecule has 0 aliphatic carbocycles. The lowest BCUT2D eigenvalue weighted by molar-refractivity contribution is -0.120. The van der Waals surface area contributed by atoms with Gasteiger partial charge in [-0.2, -0.15) is 0 Å². The van der Waals surface area contributed by atoms with Gasteiger partial charge in [-0.15, -0.1) is 0 Å². The van der Waals surface area contributed by atoms with Gasteiger partial charge >= 0.3 is 0 Å². The molecule has 0 aromatic heterocycles. The first-order chi connectivity index (χ1) is 8.76. The Kier molecular flexibility index (Phi) is 11.1. The standard InChI is InChI=1S/C12H24N2O2.C2H6/c1-13-12(15)4-3-11-5-7-14(8-6-11)9-10-16-2;1-2/h11H,3-10H2,1-2H3,(H,13,15);1-2H3. The number of hydrogen-bond acceptors (Lipinski definition) is 3. The predicted octanol–water partition coefficient (Wildman–Crippen LogP) is 1.90. The number of rotatable bonds is 6. The van der Waals surface area contributed by atoms with E-state index < -0.39 is 0 Å². The van der Waals surface area contributed by atoms with Crippen molar-refractivity contribution in [2.45, 2.75) is 39.5 Å². The van der Waals surface area contributed by atoms with E-state index >= 15 is 0 Å². The van der Waals surface area contributed by atoms with Crippen molar-refractivity contribution in [3.63, 3.8) is 0 Å². The Bertz CT molecular complexity index is 202. The highest BCUT2D eigenvalue weighted by atomic mass is 16.5. The number of carbonyl (C=O) groups is 1. The third-order valence-corrected chi connectivity index (χ3v) is 3.38. The summed E-state index contributed by atoms with van der Waals surface area (Å²) >= 11 is 0. The van der Waals surface area contributed by atoms with Gasteiger partial charge in [0.1, 0.15) is 0 Å². The van der Waals surface area contributed by atoms with Gasteiger partial charge < -0.3 is 15.0 Å². The average Bonchev–Trinajstić information content (AvgIpc) is 2.45. The lowest BCUT2D eigenvalue weighted by Gasteiger charge is -2.31. The van der Waals surface area contributed by atoms with Crippen LogP contribution >= 0.6 is 0 Å². The molecule has 0 radical (unpaired) electrons. The van der Waals surface area contributed by atoms with Crippen LogP contribution in [0.15, 0.2) is 0 Å². The molecule has 1 N–H and O–H groups in total. The lowest BCUT2D eigenvalue weighted by atomic mass is 9.92. The molecule has 1 aliphatic heterocycles. The molecule has 0 spiro atoms. The summed E-state index contributed by atoms with van der Waals surface area (Å²) in [6.07, 6.45) is 4.17. The van der Waals surface area contributed by atoms with Crippen LogP contribution in [0.5, 0.6) is 0 Å². The molecular formula is C14H30N2O2. The first-order valence-electron chi connectivity index (χ1n) is 7.18. The summed E-state index contributed by atoms with van der Waals surface area (Å²) in [5.74, 6) is 0.901. The fourth-order valence-corrected chi connectivity index (χ4v) is 2.18. The van der Waals surface area contributed by atoms with Crippen molar-refractivity contribution in [1.82, 2.24) is 10.2 Å². The molecule has 0 aromatic carbocycles. The zero-order valence-corrected chi connectivity index (χ0v) is 12.5. The number of hydrogen-bond donors (Lipinski definition) is 1. The van der Waals surface area contributed by atoms with Gasteiger partial charge in [0, 0.05) is 27.1 Å². The van der Waals surface area contributed by atoms with Crippen molar-refractivity contribution in [2.75, 3.05) is 40.4 Å². The second-order valence-corrected chi connectivity index (χ2v) is 4.49. The van der Waals surface area contributed by atoms with Gasteiger partial charge in [-0.1, -0.05) is 13.8 Å². The number of methoxy groups -OCH3 is 1. The van der Waals surface area contributed by atoms with Crippen molar-refractivity contribution in [2.24, 2.45) is 5.92 Å². The number of ether oxygens (including phenoxy) is 1. The van der Waals surface area contributed by atoms with E-state index in [1.54, 1.807) is 14.2 Å². The molecule has 1 aliphatic rings. The van der Waals surface area contributed by atoms with E-state index in [1.165, 1.54) is 12.8 Å². The molecule has 4 nitrogen and oxygen atoms in total. The number of likely N-dealkylation sites (tertiary alicyclic amines) is 1. The summed E-state index contributed by atoms with van der Waals surface area (Å²) in [5, 5.41) is 2.68. The molecule has 1 heterocycles. The highest BCUT2D eigenvalue weighted by Crippen LogP contribution is 2.21. The third kappa shape index (κ3) is 7.67. The second kappa shape index (κ2) is 11.5. The molecular weight excluding hydrogens is 228 g/mol. The zero-order chi connectivity index (χ0) is 13.8. The molecule has 18 heavy (non-hydrogen) atoms. The summed E-state index contributed by atoms with van der Waals surface area (Å²) in [5.41, 5.74) is 0. The maximum Gasteiger partial charge on any atom is 0.219 e. The molecule has 1 fully saturated rings. The van der Waals surface area contributed by atoms with Crippen molar-refractivity contribution in [3.8, 4) is 0 Å². The normalized spacial score (nSPS) is 16.9. The van der Waals surface area contributed by atoms with Gasteiger partial charge in [0.15, 0.2) is 0 Å². The van der Waals surface area contributed by atoms with Crippen molar-refractivity contribution in [1.29, 1.82) is 0 Å². The first-order valence-corrected chi connectivity index (χ1v) is 7.18. The molecule has 108 valence electrons. The third-order valence-electron chi connectivity index (χ3n) is 3.38. The smallest absolute Gasteiger partial charge is 0.219 e. The number of nitrogens with zero attached hydrogens (tertiary/aromatic N) is 1. The van der Waals surface area contributed by atoms with Crippen molar-refractivity contribution >= 4 is 5.91 Å². The molecule has 1 amide bonds. The van der Waals surface area contributed by atoms with Gasteiger partial charge in [-0.25, -0.2) is 0 Å². The lowest BCUT2D eigenvalue weighted by Crippen LogP contribution is -2.36. The second-order valence-electron chi connectivity index (χ2n) is 4.49. The van der Waals surface area contributed by atoms with E-state index in [0.29, 0.717) is 6.42 Å². The van der Waals surface area contributed by atoms with Crippen molar-refractivity contribution < 1.29 is 9.53 Å². The van der Waals surface area contributed by atoms with E-state index in [9.17, 15) is 4.79 Å². The average molecular weight is 258 g/mol. The SMILES string of the molecule is CC.CNC(=O)CCC1CCN(CCOC)CC1. The van der Waals surface area contributed by atoms with E-state index in [-0.39, 0.29) is 5.91 Å². The maximum absolute atomic E-state index is 11.1. The monoisotopic (exact) mass is 258 g/mol. The van der Waals surface area contributed by atoms with Gasteiger partial charge in [0.05, 0.1) is 6.61 Å². The number of nitrogens with one attached hydrogen (secondary N) is 1. The van der Waals surface area contributed by atoms with Gasteiger partial charge in [0.25, 0.3) is 0 Å². The molecule has 4 heteroatoms. The van der Waals surface area contributed by atoms with Crippen LogP contribution in [-0.2, 0) is 9.53 Å². The molecule has 1 saturated heterocycles. The molecule has 0 saturated carbocycles.